The van der Waals surface area contributed by atoms with E-state index >= 15 is 0 Å². The lowest BCUT2D eigenvalue weighted by atomic mass is 10.1. The van der Waals surface area contributed by atoms with Crippen molar-refractivity contribution in [1.82, 2.24) is 4.90 Å². The van der Waals surface area contributed by atoms with Crippen LogP contribution in [0.5, 0.6) is 5.75 Å². The molecule has 0 saturated heterocycles. The van der Waals surface area contributed by atoms with Crippen molar-refractivity contribution >= 4 is 34.8 Å². The lowest BCUT2D eigenvalue weighted by Gasteiger charge is -2.15. The van der Waals surface area contributed by atoms with Crippen LogP contribution in [0.3, 0.4) is 0 Å². The predicted octanol–water partition coefficient (Wildman–Crippen LogP) is 4.41. The van der Waals surface area contributed by atoms with Gasteiger partial charge >= 0.3 is 0 Å². The van der Waals surface area contributed by atoms with Gasteiger partial charge in [-0.25, -0.2) is 0 Å². The van der Waals surface area contributed by atoms with Gasteiger partial charge in [-0.05, 0) is 47.5 Å². The molecule has 0 spiro atoms. The number of carbonyl (C=O) groups is 2. The SMILES string of the molecule is COc1ccc(CN2C(=O)C(SCc3ccco3)=C(c3ccc([N+](=O)[O-])cc3)C2=O)cc1. The van der Waals surface area contributed by atoms with Crippen molar-refractivity contribution in [1.29, 1.82) is 0 Å². The van der Waals surface area contributed by atoms with Gasteiger partial charge in [0.1, 0.15) is 11.5 Å². The molecule has 0 aliphatic carbocycles. The van der Waals surface area contributed by atoms with Crippen molar-refractivity contribution in [3.63, 3.8) is 0 Å². The van der Waals surface area contributed by atoms with Crippen molar-refractivity contribution in [3.8, 4) is 5.75 Å². The molecule has 0 radical (unpaired) electrons. The second-order valence-corrected chi connectivity index (χ2v) is 7.91. The Hall–Kier alpha value is -3.85. The maximum absolute atomic E-state index is 13.3. The predicted molar refractivity (Wildman–Crippen MR) is 119 cm³/mol. The Morgan fingerprint density at radius 3 is 2.34 bits per heavy atom. The number of amides is 2. The van der Waals surface area contributed by atoms with Gasteiger partial charge in [-0.2, -0.15) is 0 Å². The first-order valence-electron chi connectivity index (χ1n) is 9.61. The minimum atomic E-state index is -0.512. The van der Waals surface area contributed by atoms with Gasteiger partial charge in [0.25, 0.3) is 17.5 Å². The Morgan fingerprint density at radius 2 is 1.75 bits per heavy atom. The molecule has 2 aromatic carbocycles. The molecule has 4 rings (SSSR count). The number of rotatable bonds is 8. The van der Waals surface area contributed by atoms with Crippen LogP contribution in [0.15, 0.2) is 76.2 Å². The molecule has 0 bridgehead atoms. The second-order valence-electron chi connectivity index (χ2n) is 6.92. The molecule has 2 heterocycles. The first-order valence-corrected chi connectivity index (χ1v) is 10.6. The van der Waals surface area contributed by atoms with Crippen molar-refractivity contribution in [3.05, 3.63) is 98.8 Å². The summed E-state index contributed by atoms with van der Waals surface area (Å²) in [6.07, 6.45) is 1.54. The molecule has 2 amide bonds. The summed E-state index contributed by atoms with van der Waals surface area (Å²) in [5.74, 6) is 0.859. The van der Waals surface area contributed by atoms with Crippen LogP contribution >= 0.6 is 11.8 Å². The Balaban J connectivity index is 1.65. The standard InChI is InChI=1S/C23H18N2O6S/c1-30-18-10-4-15(5-11-18)13-24-22(26)20(16-6-8-17(9-7-16)25(28)29)21(23(24)27)32-14-19-3-2-12-31-19/h2-12H,13-14H2,1H3. The number of carbonyl (C=O) groups excluding carboxylic acids is 2. The third-order valence-electron chi connectivity index (χ3n) is 4.93. The molecule has 0 unspecified atom stereocenters. The van der Waals surface area contributed by atoms with Gasteiger partial charge < -0.3 is 9.15 Å². The van der Waals surface area contributed by atoms with Crippen LogP contribution in [-0.2, 0) is 21.9 Å². The highest BCUT2D eigenvalue weighted by molar-refractivity contribution is 8.03. The van der Waals surface area contributed by atoms with E-state index in [-0.39, 0.29) is 22.7 Å². The zero-order valence-electron chi connectivity index (χ0n) is 17.0. The Kier molecular flexibility index (Phi) is 6.09. The number of hydrogen-bond donors (Lipinski definition) is 0. The third kappa shape index (κ3) is 4.28. The molecule has 1 aromatic heterocycles. The average Bonchev–Trinajstić information content (AvgIpc) is 3.40. The fraction of sp³-hybridized carbons (Fsp3) is 0.130. The van der Waals surface area contributed by atoms with Gasteiger partial charge in [0.05, 0.1) is 41.1 Å². The van der Waals surface area contributed by atoms with Crippen LogP contribution in [0.1, 0.15) is 16.9 Å². The average molecular weight is 450 g/mol. The number of nitrogens with zero attached hydrogens (tertiary/aromatic N) is 2. The zero-order chi connectivity index (χ0) is 22.7. The Labute approximate surface area is 187 Å². The van der Waals surface area contributed by atoms with E-state index in [1.165, 1.54) is 40.9 Å². The highest BCUT2D eigenvalue weighted by atomic mass is 32.2. The van der Waals surface area contributed by atoms with Gasteiger partial charge in [0.2, 0.25) is 0 Å². The number of ether oxygens (including phenoxy) is 1. The van der Waals surface area contributed by atoms with E-state index in [4.69, 9.17) is 9.15 Å². The summed E-state index contributed by atoms with van der Waals surface area (Å²) in [7, 11) is 1.56. The Bertz CT molecular complexity index is 1180. The number of nitro benzene ring substituents is 1. The Morgan fingerprint density at radius 1 is 1.03 bits per heavy atom. The molecule has 0 saturated carbocycles. The van der Waals surface area contributed by atoms with Gasteiger partial charge in [0.15, 0.2) is 0 Å². The molecular formula is C23H18N2O6S. The van der Waals surface area contributed by atoms with E-state index in [0.29, 0.717) is 22.8 Å². The van der Waals surface area contributed by atoms with Crippen molar-refractivity contribution in [2.45, 2.75) is 12.3 Å². The highest BCUT2D eigenvalue weighted by Crippen LogP contribution is 2.38. The van der Waals surface area contributed by atoms with E-state index in [9.17, 15) is 19.7 Å². The summed E-state index contributed by atoms with van der Waals surface area (Å²) in [6.45, 7) is 0.100. The fourth-order valence-corrected chi connectivity index (χ4v) is 4.32. The summed E-state index contributed by atoms with van der Waals surface area (Å²) in [4.78, 5) is 38.5. The number of benzene rings is 2. The molecule has 3 aromatic rings. The normalized spacial score (nSPS) is 13.7. The number of furan rings is 1. The molecule has 0 atom stereocenters. The lowest BCUT2D eigenvalue weighted by Crippen LogP contribution is -2.30. The van der Waals surface area contributed by atoms with Crippen molar-refractivity contribution in [2.24, 2.45) is 0 Å². The first kappa shape index (κ1) is 21.4. The first-order chi connectivity index (χ1) is 15.5. The number of nitro groups is 1. The molecule has 1 aliphatic rings. The third-order valence-corrected chi connectivity index (χ3v) is 6.03. The van der Waals surface area contributed by atoms with E-state index in [1.807, 2.05) is 0 Å². The maximum Gasteiger partial charge on any atom is 0.269 e. The van der Waals surface area contributed by atoms with Crippen molar-refractivity contribution < 1.29 is 23.7 Å². The molecule has 8 nitrogen and oxygen atoms in total. The number of hydrogen-bond acceptors (Lipinski definition) is 7. The van der Waals surface area contributed by atoms with Gasteiger partial charge in [-0.1, -0.05) is 12.1 Å². The number of methoxy groups -OCH3 is 1. The maximum atomic E-state index is 13.3. The number of imide groups is 1. The number of thioether (sulfide) groups is 1. The minimum absolute atomic E-state index is 0.0917. The van der Waals surface area contributed by atoms with Gasteiger partial charge in [-0.3, -0.25) is 24.6 Å². The lowest BCUT2D eigenvalue weighted by molar-refractivity contribution is -0.384. The molecule has 9 heteroatoms. The van der Waals surface area contributed by atoms with Crippen LogP contribution in [-0.4, -0.2) is 28.7 Å². The summed E-state index contributed by atoms with van der Waals surface area (Å²) in [5, 5.41) is 11.0. The monoisotopic (exact) mass is 450 g/mol. The van der Waals surface area contributed by atoms with E-state index in [0.717, 1.165) is 5.56 Å². The van der Waals surface area contributed by atoms with Crippen LogP contribution in [0.2, 0.25) is 0 Å². The molecule has 0 N–H and O–H groups in total. The molecule has 32 heavy (non-hydrogen) atoms. The van der Waals surface area contributed by atoms with Crippen LogP contribution in [0.25, 0.3) is 5.57 Å². The summed E-state index contributed by atoms with van der Waals surface area (Å²) >= 11 is 1.21. The fourth-order valence-electron chi connectivity index (χ4n) is 3.29. The zero-order valence-corrected chi connectivity index (χ0v) is 17.8. The number of non-ortho nitro benzene ring substituents is 1. The van der Waals surface area contributed by atoms with Crippen molar-refractivity contribution in [2.75, 3.05) is 7.11 Å². The second kappa shape index (κ2) is 9.11. The molecule has 162 valence electrons. The van der Waals surface area contributed by atoms with E-state index in [2.05, 4.69) is 0 Å². The van der Waals surface area contributed by atoms with E-state index < -0.39 is 16.7 Å². The van der Waals surface area contributed by atoms with Gasteiger partial charge in [-0.15, -0.1) is 11.8 Å². The minimum Gasteiger partial charge on any atom is -0.497 e. The van der Waals surface area contributed by atoms with Gasteiger partial charge in [0, 0.05) is 12.1 Å². The molecule has 1 aliphatic heterocycles. The van der Waals surface area contributed by atoms with Crippen LogP contribution in [0.4, 0.5) is 5.69 Å². The van der Waals surface area contributed by atoms with Crippen LogP contribution in [0, 0.1) is 10.1 Å². The van der Waals surface area contributed by atoms with E-state index in [1.54, 1.807) is 49.8 Å². The quantitative estimate of drug-likeness (QED) is 0.284. The summed E-state index contributed by atoms with van der Waals surface area (Å²) in [6, 6.07) is 16.3. The van der Waals surface area contributed by atoms with Crippen LogP contribution < -0.4 is 4.74 Å². The summed E-state index contributed by atoms with van der Waals surface area (Å²) in [5.41, 5.74) is 1.36. The highest BCUT2D eigenvalue weighted by Gasteiger charge is 2.39. The topological polar surface area (TPSA) is 103 Å². The smallest absolute Gasteiger partial charge is 0.269 e. The molecular weight excluding hydrogens is 432 g/mol. The largest absolute Gasteiger partial charge is 0.497 e. The summed E-state index contributed by atoms with van der Waals surface area (Å²) < 4.78 is 10.5. The molecule has 0 fully saturated rings.